The average Bonchev–Trinajstić information content (AvgIpc) is 2.38. The Kier molecular flexibility index (Phi) is 3.91. The molecule has 0 aromatic carbocycles. The summed E-state index contributed by atoms with van der Waals surface area (Å²) in [5.74, 6) is 0.148. The Balaban J connectivity index is 3.38. The Labute approximate surface area is 100 Å². The van der Waals surface area contributed by atoms with Gasteiger partial charge in [0.2, 0.25) is 0 Å². The summed E-state index contributed by atoms with van der Waals surface area (Å²) in [6.45, 7) is 7.23. The zero-order valence-corrected chi connectivity index (χ0v) is 11.5. The lowest BCUT2D eigenvalue weighted by molar-refractivity contribution is 0.112. The monoisotopic (exact) mass is 260 g/mol. The van der Waals surface area contributed by atoms with Crippen molar-refractivity contribution in [1.29, 1.82) is 0 Å². The molecule has 3 nitrogen and oxygen atoms in total. The predicted molar refractivity (Wildman–Crippen MR) is 66.1 cm³/mol. The number of carbonyl (C=O) groups is 1. The van der Waals surface area contributed by atoms with Crippen molar-refractivity contribution >= 4 is 27.5 Å². The van der Waals surface area contributed by atoms with Crippen LogP contribution in [0.15, 0.2) is 4.90 Å². The SMILES string of the molecule is Cc1sc(C)c(S(=O)(=O)CC(C)C)c1C=O. The average molecular weight is 260 g/mol. The van der Waals surface area contributed by atoms with E-state index in [-0.39, 0.29) is 16.6 Å². The molecule has 0 saturated carbocycles. The molecular weight excluding hydrogens is 244 g/mol. The molecule has 0 aliphatic carbocycles. The standard InChI is InChI=1S/C11H16O3S2/c1-7(2)6-16(13,14)11-9(4)15-8(3)10(11)5-12/h5,7H,6H2,1-4H3. The molecular formula is C11H16O3S2. The van der Waals surface area contributed by atoms with Crippen LogP contribution in [0.1, 0.15) is 34.0 Å². The third-order valence-corrected chi connectivity index (χ3v) is 5.65. The van der Waals surface area contributed by atoms with Gasteiger partial charge in [-0.25, -0.2) is 8.42 Å². The van der Waals surface area contributed by atoms with Crippen molar-refractivity contribution in [2.24, 2.45) is 5.92 Å². The molecule has 0 saturated heterocycles. The molecule has 0 fully saturated rings. The van der Waals surface area contributed by atoms with E-state index in [9.17, 15) is 13.2 Å². The zero-order valence-electron chi connectivity index (χ0n) is 9.90. The maximum absolute atomic E-state index is 12.1. The second kappa shape index (κ2) is 4.67. The minimum absolute atomic E-state index is 0.0594. The highest BCUT2D eigenvalue weighted by Crippen LogP contribution is 2.31. The molecule has 5 heteroatoms. The van der Waals surface area contributed by atoms with Gasteiger partial charge in [0.05, 0.1) is 10.6 Å². The molecule has 0 aliphatic heterocycles. The van der Waals surface area contributed by atoms with E-state index in [0.29, 0.717) is 16.7 Å². The van der Waals surface area contributed by atoms with Crippen LogP contribution in [0, 0.1) is 19.8 Å². The summed E-state index contributed by atoms with van der Waals surface area (Å²) < 4.78 is 24.2. The molecule has 16 heavy (non-hydrogen) atoms. The van der Waals surface area contributed by atoms with E-state index in [1.807, 2.05) is 13.8 Å². The van der Waals surface area contributed by atoms with Crippen molar-refractivity contribution in [1.82, 2.24) is 0 Å². The van der Waals surface area contributed by atoms with E-state index >= 15 is 0 Å². The first-order chi connectivity index (χ1) is 7.29. The summed E-state index contributed by atoms with van der Waals surface area (Å²) in [6.07, 6.45) is 0.645. The van der Waals surface area contributed by atoms with E-state index in [1.54, 1.807) is 13.8 Å². The summed E-state index contributed by atoms with van der Waals surface area (Å²) >= 11 is 1.36. The molecule has 0 radical (unpaired) electrons. The lowest BCUT2D eigenvalue weighted by Crippen LogP contribution is -2.13. The topological polar surface area (TPSA) is 51.2 Å². The lowest BCUT2D eigenvalue weighted by atomic mass is 10.3. The first kappa shape index (κ1) is 13.4. The molecule has 0 spiro atoms. The van der Waals surface area contributed by atoms with Crippen molar-refractivity contribution in [3.8, 4) is 0 Å². The number of sulfone groups is 1. The van der Waals surface area contributed by atoms with Crippen molar-refractivity contribution in [3.05, 3.63) is 15.3 Å². The zero-order chi connectivity index (χ0) is 12.5. The first-order valence-electron chi connectivity index (χ1n) is 5.07. The maximum Gasteiger partial charge on any atom is 0.180 e. The summed E-state index contributed by atoms with van der Waals surface area (Å²) in [5, 5.41) is 0. The van der Waals surface area contributed by atoms with Crippen molar-refractivity contribution < 1.29 is 13.2 Å². The van der Waals surface area contributed by atoms with Crippen LogP contribution in [0.2, 0.25) is 0 Å². The minimum Gasteiger partial charge on any atom is -0.298 e. The van der Waals surface area contributed by atoms with Crippen molar-refractivity contribution in [2.45, 2.75) is 32.6 Å². The van der Waals surface area contributed by atoms with Gasteiger partial charge in [-0.05, 0) is 19.8 Å². The van der Waals surface area contributed by atoms with Gasteiger partial charge in [0.25, 0.3) is 0 Å². The Morgan fingerprint density at radius 3 is 2.25 bits per heavy atom. The number of thiophene rings is 1. The Bertz CT molecular complexity index is 496. The van der Waals surface area contributed by atoms with Gasteiger partial charge in [-0.2, -0.15) is 0 Å². The number of aldehydes is 1. The van der Waals surface area contributed by atoms with E-state index in [0.717, 1.165) is 4.88 Å². The summed E-state index contributed by atoms with van der Waals surface area (Å²) in [6, 6.07) is 0. The number of rotatable bonds is 4. The van der Waals surface area contributed by atoms with Crippen LogP contribution in [-0.4, -0.2) is 20.5 Å². The Morgan fingerprint density at radius 1 is 1.25 bits per heavy atom. The molecule has 1 rings (SSSR count). The maximum atomic E-state index is 12.1. The molecule has 0 atom stereocenters. The third kappa shape index (κ3) is 2.52. The second-order valence-corrected chi connectivity index (χ2v) is 7.65. The fraction of sp³-hybridized carbons (Fsp3) is 0.545. The molecule has 1 heterocycles. The molecule has 1 aromatic heterocycles. The molecule has 1 aromatic rings. The molecule has 0 N–H and O–H groups in total. The summed E-state index contributed by atoms with van der Waals surface area (Å²) in [7, 11) is -3.33. The fourth-order valence-electron chi connectivity index (χ4n) is 1.73. The number of carbonyl (C=O) groups excluding carboxylic acids is 1. The van der Waals surface area contributed by atoms with Crippen LogP contribution in [-0.2, 0) is 9.84 Å². The van der Waals surface area contributed by atoms with Gasteiger partial charge in [0, 0.05) is 15.3 Å². The molecule has 0 amide bonds. The number of hydrogen-bond donors (Lipinski definition) is 0. The number of hydrogen-bond acceptors (Lipinski definition) is 4. The predicted octanol–water partition coefficient (Wildman–Crippen LogP) is 2.61. The smallest absolute Gasteiger partial charge is 0.180 e. The second-order valence-electron chi connectivity index (χ2n) is 4.25. The summed E-state index contributed by atoms with van der Waals surface area (Å²) in [5.41, 5.74) is 0.336. The highest BCUT2D eigenvalue weighted by Gasteiger charge is 2.25. The van der Waals surface area contributed by atoms with Crippen LogP contribution < -0.4 is 0 Å². The van der Waals surface area contributed by atoms with Gasteiger partial charge < -0.3 is 0 Å². The van der Waals surface area contributed by atoms with Crippen LogP contribution in [0.3, 0.4) is 0 Å². The van der Waals surface area contributed by atoms with Gasteiger partial charge in [0.15, 0.2) is 16.1 Å². The summed E-state index contributed by atoms with van der Waals surface area (Å²) in [4.78, 5) is 12.7. The highest BCUT2D eigenvalue weighted by atomic mass is 32.2. The third-order valence-electron chi connectivity index (χ3n) is 2.23. The normalized spacial score (nSPS) is 12.1. The van der Waals surface area contributed by atoms with Gasteiger partial charge in [-0.3, -0.25) is 4.79 Å². The van der Waals surface area contributed by atoms with Crippen LogP contribution in [0.5, 0.6) is 0 Å². The minimum atomic E-state index is -3.33. The molecule has 0 bridgehead atoms. The lowest BCUT2D eigenvalue weighted by Gasteiger charge is -2.07. The van der Waals surface area contributed by atoms with Crippen molar-refractivity contribution in [3.63, 3.8) is 0 Å². The number of aryl methyl sites for hydroxylation is 2. The van der Waals surface area contributed by atoms with E-state index in [2.05, 4.69) is 0 Å². The quantitative estimate of drug-likeness (QED) is 0.782. The molecule has 0 aliphatic rings. The van der Waals surface area contributed by atoms with Gasteiger partial charge in [-0.15, -0.1) is 11.3 Å². The fourth-order valence-corrected chi connectivity index (χ4v) is 5.24. The molecule has 90 valence electrons. The highest BCUT2D eigenvalue weighted by molar-refractivity contribution is 7.91. The van der Waals surface area contributed by atoms with Gasteiger partial charge in [0.1, 0.15) is 0 Å². The first-order valence-corrected chi connectivity index (χ1v) is 7.54. The van der Waals surface area contributed by atoms with Crippen LogP contribution in [0.25, 0.3) is 0 Å². The van der Waals surface area contributed by atoms with Crippen molar-refractivity contribution in [2.75, 3.05) is 5.75 Å². The Hall–Kier alpha value is -0.680. The Morgan fingerprint density at radius 2 is 1.81 bits per heavy atom. The van der Waals surface area contributed by atoms with E-state index in [4.69, 9.17) is 0 Å². The van der Waals surface area contributed by atoms with Crippen LogP contribution >= 0.6 is 11.3 Å². The largest absolute Gasteiger partial charge is 0.298 e. The van der Waals surface area contributed by atoms with E-state index in [1.165, 1.54) is 11.3 Å². The van der Waals surface area contributed by atoms with Gasteiger partial charge >= 0.3 is 0 Å². The molecule has 0 unspecified atom stereocenters. The van der Waals surface area contributed by atoms with Crippen LogP contribution in [0.4, 0.5) is 0 Å². The van der Waals surface area contributed by atoms with Gasteiger partial charge in [-0.1, -0.05) is 13.8 Å². The van der Waals surface area contributed by atoms with E-state index < -0.39 is 9.84 Å².